The van der Waals surface area contributed by atoms with E-state index in [-0.39, 0.29) is 112 Å². The molecule has 0 heterocycles. The maximum atomic E-state index is 2.31. The summed E-state index contributed by atoms with van der Waals surface area (Å²) in [5, 5.41) is 11.0. The first kappa shape index (κ1) is 68.2. The fraction of sp³-hybridized carbons (Fsp3) is 0.250. The first-order valence-electron chi connectivity index (χ1n) is 18.4. The van der Waals surface area contributed by atoms with E-state index < -0.39 is 0 Å². The van der Waals surface area contributed by atoms with E-state index in [1.807, 2.05) is 0 Å². The summed E-state index contributed by atoms with van der Waals surface area (Å²) in [4.78, 5) is 0. The van der Waals surface area contributed by atoms with Crippen LogP contribution in [0.1, 0.15) is 47.2 Å². The molecule has 0 aromatic heterocycles. The summed E-state index contributed by atoms with van der Waals surface area (Å²) < 4.78 is 0. The van der Waals surface area contributed by atoms with Crippen LogP contribution in [0.2, 0.25) is 26.2 Å². The van der Waals surface area contributed by atoms with E-state index in [4.69, 9.17) is 0 Å². The molecule has 0 radical (unpaired) electrons. The molecule has 0 spiro atoms. The molecule has 0 N–H and O–H groups in total. The van der Waals surface area contributed by atoms with Gasteiger partial charge >= 0.3 is 110 Å². The van der Waals surface area contributed by atoms with E-state index in [2.05, 4.69) is 201 Å². The molecule has 0 aliphatic carbocycles. The molecule has 0 bridgehead atoms. The van der Waals surface area contributed by atoms with Crippen LogP contribution in [0.4, 0.5) is 0 Å². The van der Waals surface area contributed by atoms with E-state index in [1.54, 1.807) is 46.7 Å². The zero-order valence-corrected chi connectivity index (χ0v) is 50.0. The van der Waals surface area contributed by atoms with Gasteiger partial charge in [-0.25, -0.2) is 0 Å². The minimum absolute atomic E-state index is 0. The Morgan fingerprint density at radius 1 is 0.441 bits per heavy atom. The summed E-state index contributed by atoms with van der Waals surface area (Å²) in [5.41, 5.74) is 8.75. The van der Waals surface area contributed by atoms with E-state index in [0.29, 0.717) is 0 Å². The second-order valence-corrected chi connectivity index (χ2v) is 32.7. The molecule has 8 aromatic rings. The van der Waals surface area contributed by atoms with Crippen molar-refractivity contribution in [1.29, 1.82) is 0 Å². The number of fused-ring (bicyclic) bond motifs is 4. The Morgan fingerprint density at radius 3 is 1.00 bits per heavy atom. The molecule has 8 aromatic carbocycles. The van der Waals surface area contributed by atoms with Crippen molar-refractivity contribution in [3.8, 4) is 0 Å². The van der Waals surface area contributed by atoms with Crippen LogP contribution in [-0.2, 0) is 85.7 Å². The van der Waals surface area contributed by atoms with Crippen molar-refractivity contribution in [2.45, 2.75) is 80.6 Å². The van der Waals surface area contributed by atoms with E-state index in [9.17, 15) is 0 Å². The van der Waals surface area contributed by atoms with Gasteiger partial charge in [-0.05, 0) is 26.7 Å². The summed E-state index contributed by atoms with van der Waals surface area (Å²) in [7, 11) is 0. The number of benzene rings is 4. The van der Waals surface area contributed by atoms with Gasteiger partial charge in [0.1, 0.15) is 0 Å². The average Bonchev–Trinajstić information content (AvgIpc) is 3.89. The van der Waals surface area contributed by atoms with Crippen molar-refractivity contribution in [3.05, 3.63) is 167 Å². The maximum absolute atomic E-state index is 2.31. The zero-order chi connectivity index (χ0) is 38.2. The van der Waals surface area contributed by atoms with Crippen LogP contribution in [-0.4, -0.2) is 10.9 Å². The molecule has 0 aliphatic rings. The molecule has 0 nitrogen and oxygen atoms in total. The molecule has 59 heavy (non-hydrogen) atoms. The third-order valence-corrected chi connectivity index (χ3v) is 8.40. The van der Waals surface area contributed by atoms with Crippen molar-refractivity contribution in [3.63, 3.8) is 0 Å². The number of rotatable bonds is 2. The number of hydrogen-bond donors (Lipinski definition) is 0. The molecule has 0 saturated heterocycles. The number of aryl methyl sites for hydroxylation is 6. The van der Waals surface area contributed by atoms with E-state index in [1.165, 1.54) is 76.5 Å². The molecule has 11 heteroatoms. The molecule has 0 amide bonds. The molecule has 8 rings (SSSR count). The van der Waals surface area contributed by atoms with Gasteiger partial charge in [0.25, 0.3) is 0 Å². The third-order valence-electron chi connectivity index (χ3n) is 8.40. The molecule has 0 unspecified atom stereocenters. The molecular formula is C48H58Cl6Si2Zr3. The quantitative estimate of drug-likeness (QED) is 0.185. The Labute approximate surface area is 443 Å². The number of halogens is 6. The molecule has 0 fully saturated rings. The summed E-state index contributed by atoms with van der Waals surface area (Å²) in [6.45, 7) is 22.2. The molecule has 0 atom stereocenters. The Bertz CT molecular complexity index is 2100. The fourth-order valence-corrected chi connectivity index (χ4v) is 5.92. The SMILES string of the molecule is CCc1cc2ccccc2[cH-]1.CCc1cc2ccccc2[cH-]1.C[Si](C)=[Zr+2].C[Si](C)=[Zr+2].Cc1cc2c(C)cccc2[cH-]1.Cc1cc2c(C)cccc2[cH-]1.Cl.Cl.[Cl-].[Cl-].[Cl-].[Cl-].[Zr+4]. The number of hydrogen-bond acceptors (Lipinski definition) is 0. The Kier molecular flexibility index (Phi) is 42.2. The normalized spacial score (nSPS) is 8.92. The van der Waals surface area contributed by atoms with Crippen molar-refractivity contribution < 1.29 is 123 Å². The van der Waals surface area contributed by atoms with Crippen LogP contribution < -0.4 is 49.6 Å². The third kappa shape index (κ3) is 24.7. The van der Waals surface area contributed by atoms with E-state index in [0.717, 1.165) is 12.8 Å². The van der Waals surface area contributed by atoms with Crippen molar-refractivity contribution >= 4 is 78.8 Å². The van der Waals surface area contributed by atoms with Crippen LogP contribution in [0, 0.1) is 27.7 Å². The van der Waals surface area contributed by atoms with E-state index >= 15 is 0 Å². The predicted molar refractivity (Wildman–Crippen MR) is 245 cm³/mol. The van der Waals surface area contributed by atoms with Crippen molar-refractivity contribution in [2.24, 2.45) is 0 Å². The van der Waals surface area contributed by atoms with Gasteiger partial charge in [0.05, 0.1) is 0 Å². The maximum Gasteiger partial charge on any atom is 4.00 e. The van der Waals surface area contributed by atoms with Gasteiger partial charge < -0.3 is 49.6 Å². The minimum atomic E-state index is 0. The first-order chi connectivity index (χ1) is 24.8. The standard InChI is InChI=1S/4C11H11.2C2H6Si.6ClH.3Zr/c2*1-8-6-10-5-3-4-9(2)11(10)7-8;2*1-2-9-7-10-5-3-4-6-11(10)8-9;2*1-3-2;;;;;;;;;/h2*3-7H,1-2H3;2*3-8H,2H2,1H3;2*1-2H3;6*1H;;;/q4*-1;;;;;;;;;2*+2;+4/p-4. The summed E-state index contributed by atoms with van der Waals surface area (Å²) >= 11 is 3.48. The van der Waals surface area contributed by atoms with Crippen LogP contribution in [0.5, 0.6) is 0 Å². The zero-order valence-electron chi connectivity index (χ0n) is 35.9. The molecule has 0 saturated carbocycles. The first-order valence-corrected chi connectivity index (χ1v) is 30.8. The van der Waals surface area contributed by atoms with Crippen molar-refractivity contribution in [2.75, 3.05) is 0 Å². The molecular weight excluding hydrogens is 1120 g/mol. The summed E-state index contributed by atoms with van der Waals surface area (Å²) in [5.74, 6) is 0. The average molecular weight is 1180 g/mol. The van der Waals surface area contributed by atoms with Gasteiger partial charge in [-0.1, -0.05) is 63.1 Å². The van der Waals surface area contributed by atoms with Gasteiger partial charge in [0.15, 0.2) is 0 Å². The predicted octanol–water partition coefficient (Wildman–Crippen LogP) is 3.02. The van der Waals surface area contributed by atoms with Gasteiger partial charge in [-0.2, -0.15) is 24.3 Å². The van der Waals surface area contributed by atoms with Gasteiger partial charge in [0, 0.05) is 0 Å². The second kappa shape index (κ2) is 36.5. The van der Waals surface area contributed by atoms with Crippen LogP contribution in [0.3, 0.4) is 0 Å². The summed E-state index contributed by atoms with van der Waals surface area (Å²) in [6, 6.07) is 47.8. The van der Waals surface area contributed by atoms with Gasteiger partial charge in [0.2, 0.25) is 0 Å². The van der Waals surface area contributed by atoms with Gasteiger partial charge in [-0.15, -0.1) is 175 Å². The minimum Gasteiger partial charge on any atom is -1.00 e. The monoisotopic (exact) mass is 1170 g/mol. The van der Waals surface area contributed by atoms with Crippen molar-refractivity contribution in [1.82, 2.24) is 0 Å². The topological polar surface area (TPSA) is 0 Å². The smallest absolute Gasteiger partial charge is 1.00 e. The second-order valence-electron chi connectivity index (χ2n) is 13.9. The largest absolute Gasteiger partial charge is 4.00 e. The Morgan fingerprint density at radius 2 is 0.729 bits per heavy atom. The summed E-state index contributed by atoms with van der Waals surface area (Å²) in [6.07, 6.45) is 2.27. The Hall–Kier alpha value is 0.143. The molecule has 312 valence electrons. The fourth-order valence-electron chi connectivity index (χ4n) is 5.92. The van der Waals surface area contributed by atoms with Gasteiger partial charge in [-0.3, -0.25) is 0 Å². The Balaban J connectivity index is -0.000000200. The molecule has 0 aliphatic heterocycles. The van der Waals surface area contributed by atoms with Crippen LogP contribution in [0.25, 0.3) is 43.1 Å². The van der Waals surface area contributed by atoms with Crippen LogP contribution >= 0.6 is 24.8 Å². The van der Waals surface area contributed by atoms with Crippen LogP contribution in [0.15, 0.2) is 133 Å².